The van der Waals surface area contributed by atoms with E-state index in [4.69, 9.17) is 4.43 Å². The van der Waals surface area contributed by atoms with Gasteiger partial charge in [0.15, 0.2) is 0 Å². The van der Waals surface area contributed by atoms with Crippen molar-refractivity contribution in [2.45, 2.75) is 136 Å². The van der Waals surface area contributed by atoms with Gasteiger partial charge in [-0.3, -0.25) is 0 Å². The van der Waals surface area contributed by atoms with Gasteiger partial charge in [-0.05, 0) is 12.8 Å². The van der Waals surface area contributed by atoms with E-state index in [1.54, 1.807) is 0 Å². The molecule has 23 heavy (non-hydrogen) atoms. The lowest BCUT2D eigenvalue weighted by atomic mass is 10.0. The zero-order chi connectivity index (χ0) is 17.0. The molecule has 0 aliphatic rings. The van der Waals surface area contributed by atoms with E-state index in [9.17, 15) is 0 Å². The third-order valence-electron chi connectivity index (χ3n) is 5.09. The summed E-state index contributed by atoms with van der Waals surface area (Å²) in [5, 5.41) is 0. The van der Waals surface area contributed by atoms with Gasteiger partial charge in [0.25, 0.3) is 0 Å². The van der Waals surface area contributed by atoms with Crippen molar-refractivity contribution in [1.82, 2.24) is 0 Å². The maximum Gasteiger partial charge on any atom is 0.146 e. The molecular weight excluding hydrogens is 296 g/mol. The maximum absolute atomic E-state index is 5.80. The molecule has 0 rings (SSSR count). The highest BCUT2D eigenvalue weighted by molar-refractivity contribution is 5.98. The van der Waals surface area contributed by atoms with E-state index in [-0.39, 0.29) is 0 Å². The highest BCUT2D eigenvalue weighted by Gasteiger charge is 2.06. The van der Waals surface area contributed by atoms with E-state index < -0.39 is 0 Å². The molecule has 0 N–H and O–H groups in total. The first kappa shape index (κ1) is 23.2. The van der Waals surface area contributed by atoms with Crippen LogP contribution in [0.15, 0.2) is 0 Å². The number of rotatable bonds is 19. The van der Waals surface area contributed by atoms with Gasteiger partial charge in [0.05, 0.1) is 0 Å². The summed E-state index contributed by atoms with van der Waals surface area (Å²) in [7, 11) is 0.913. The second kappa shape index (κ2) is 20.2. The first-order valence-corrected chi connectivity index (χ1v) is 11.7. The molecule has 1 atom stereocenters. The molecule has 0 radical (unpaired) electrons. The standard InChI is InChI=1S/C21H46OSi/c1-3-5-7-9-11-12-13-14-16-18-20-21(22-23)19-17-15-10-8-6-4-2/h21H,3-20H2,1-2,23H3. The molecule has 140 valence electrons. The fraction of sp³-hybridized carbons (Fsp3) is 1.00. The number of unbranched alkanes of at least 4 members (excludes halogenated alkanes) is 14. The first-order chi connectivity index (χ1) is 11.3. The van der Waals surface area contributed by atoms with E-state index in [2.05, 4.69) is 13.8 Å². The van der Waals surface area contributed by atoms with Gasteiger partial charge >= 0.3 is 0 Å². The summed E-state index contributed by atoms with van der Waals surface area (Å²) in [5.74, 6) is 0. The monoisotopic (exact) mass is 342 g/mol. The lowest BCUT2D eigenvalue weighted by Crippen LogP contribution is -2.11. The fourth-order valence-electron chi connectivity index (χ4n) is 3.39. The normalized spacial score (nSPS) is 12.8. The minimum atomic E-state index is 0.585. The lowest BCUT2D eigenvalue weighted by molar-refractivity contribution is 0.189. The summed E-state index contributed by atoms with van der Waals surface area (Å²) < 4.78 is 5.80. The molecule has 0 heterocycles. The Hall–Kier alpha value is 0.177. The summed E-state index contributed by atoms with van der Waals surface area (Å²) in [6.45, 7) is 4.58. The van der Waals surface area contributed by atoms with Crippen LogP contribution in [0.5, 0.6) is 0 Å². The predicted molar refractivity (Wildman–Crippen MR) is 109 cm³/mol. The summed E-state index contributed by atoms with van der Waals surface area (Å²) in [4.78, 5) is 0. The Balaban J connectivity index is 3.26. The van der Waals surface area contributed by atoms with Crippen molar-refractivity contribution in [3.05, 3.63) is 0 Å². The topological polar surface area (TPSA) is 9.23 Å². The van der Waals surface area contributed by atoms with Crippen LogP contribution in [0.2, 0.25) is 0 Å². The van der Waals surface area contributed by atoms with Gasteiger partial charge in [0.2, 0.25) is 0 Å². The average Bonchev–Trinajstić information content (AvgIpc) is 2.57. The van der Waals surface area contributed by atoms with Crippen molar-refractivity contribution in [2.75, 3.05) is 0 Å². The largest absolute Gasteiger partial charge is 0.425 e. The molecule has 1 nitrogen and oxygen atoms in total. The Kier molecular flexibility index (Phi) is 20.4. The second-order valence-electron chi connectivity index (χ2n) is 7.38. The Labute approximate surface area is 150 Å². The summed E-state index contributed by atoms with van der Waals surface area (Å²) in [6, 6.07) is 0. The third-order valence-corrected chi connectivity index (χ3v) is 5.76. The van der Waals surface area contributed by atoms with Gasteiger partial charge < -0.3 is 4.43 Å². The third kappa shape index (κ3) is 18.4. The molecular formula is C21H46OSi. The maximum atomic E-state index is 5.80. The molecule has 0 aromatic rings. The van der Waals surface area contributed by atoms with E-state index in [1.165, 1.54) is 116 Å². The molecule has 0 aliphatic heterocycles. The van der Waals surface area contributed by atoms with Crippen LogP contribution in [0.4, 0.5) is 0 Å². The molecule has 0 bridgehead atoms. The molecule has 0 fully saturated rings. The van der Waals surface area contributed by atoms with E-state index in [0.717, 1.165) is 10.5 Å². The van der Waals surface area contributed by atoms with Gasteiger partial charge in [-0.2, -0.15) is 0 Å². The highest BCUT2D eigenvalue weighted by Crippen LogP contribution is 2.16. The highest BCUT2D eigenvalue weighted by atomic mass is 28.2. The van der Waals surface area contributed by atoms with Crippen LogP contribution in [0.25, 0.3) is 0 Å². The molecule has 0 aliphatic carbocycles. The van der Waals surface area contributed by atoms with Crippen LogP contribution in [0, 0.1) is 0 Å². The first-order valence-electron chi connectivity index (χ1n) is 10.9. The van der Waals surface area contributed by atoms with Gasteiger partial charge in [0, 0.05) is 6.10 Å². The zero-order valence-electron chi connectivity index (χ0n) is 16.7. The molecule has 0 aromatic carbocycles. The van der Waals surface area contributed by atoms with Crippen molar-refractivity contribution < 1.29 is 4.43 Å². The van der Waals surface area contributed by atoms with E-state index in [0.29, 0.717) is 6.10 Å². The van der Waals surface area contributed by atoms with Crippen molar-refractivity contribution >= 4 is 10.5 Å². The summed E-state index contributed by atoms with van der Waals surface area (Å²) in [5.41, 5.74) is 0. The fourth-order valence-corrected chi connectivity index (χ4v) is 3.86. The number of hydrogen-bond acceptors (Lipinski definition) is 1. The number of hydrogen-bond donors (Lipinski definition) is 0. The van der Waals surface area contributed by atoms with Gasteiger partial charge in [0.1, 0.15) is 10.5 Å². The molecule has 2 heteroatoms. The van der Waals surface area contributed by atoms with Gasteiger partial charge in [-0.15, -0.1) is 0 Å². The van der Waals surface area contributed by atoms with Crippen LogP contribution in [-0.2, 0) is 4.43 Å². The predicted octanol–water partition coefficient (Wildman–Crippen LogP) is 6.71. The van der Waals surface area contributed by atoms with Crippen LogP contribution in [-0.4, -0.2) is 16.6 Å². The minimum absolute atomic E-state index is 0.585. The van der Waals surface area contributed by atoms with Crippen LogP contribution < -0.4 is 0 Å². The van der Waals surface area contributed by atoms with Crippen molar-refractivity contribution in [2.24, 2.45) is 0 Å². The smallest absolute Gasteiger partial charge is 0.146 e. The summed E-state index contributed by atoms with van der Waals surface area (Å²) >= 11 is 0. The quantitative estimate of drug-likeness (QED) is 0.187. The Morgan fingerprint density at radius 2 is 0.826 bits per heavy atom. The molecule has 0 amide bonds. The Morgan fingerprint density at radius 3 is 1.13 bits per heavy atom. The second-order valence-corrected chi connectivity index (χ2v) is 7.86. The molecule has 0 saturated heterocycles. The average molecular weight is 343 g/mol. The van der Waals surface area contributed by atoms with Crippen LogP contribution in [0.1, 0.15) is 129 Å². The van der Waals surface area contributed by atoms with Crippen molar-refractivity contribution in [1.29, 1.82) is 0 Å². The molecule has 1 unspecified atom stereocenters. The molecule has 0 aromatic heterocycles. The van der Waals surface area contributed by atoms with Gasteiger partial charge in [-0.25, -0.2) is 0 Å². The van der Waals surface area contributed by atoms with Crippen molar-refractivity contribution in [3.8, 4) is 0 Å². The zero-order valence-corrected chi connectivity index (χ0v) is 18.7. The summed E-state index contributed by atoms with van der Waals surface area (Å²) in [6.07, 6.45) is 26.0. The van der Waals surface area contributed by atoms with Crippen molar-refractivity contribution in [3.63, 3.8) is 0 Å². The Bertz CT molecular complexity index is 208. The van der Waals surface area contributed by atoms with Crippen LogP contribution >= 0.6 is 0 Å². The SMILES string of the molecule is CCCCCCCCCCCCC(CCCCCCCC)O[SiH3]. The molecule has 0 spiro atoms. The van der Waals surface area contributed by atoms with Crippen LogP contribution in [0.3, 0.4) is 0 Å². The van der Waals surface area contributed by atoms with E-state index in [1.807, 2.05) is 0 Å². The minimum Gasteiger partial charge on any atom is -0.425 e. The Morgan fingerprint density at radius 1 is 0.522 bits per heavy atom. The van der Waals surface area contributed by atoms with E-state index >= 15 is 0 Å². The van der Waals surface area contributed by atoms with Gasteiger partial charge in [-0.1, -0.05) is 117 Å². The molecule has 0 saturated carbocycles. The lowest BCUT2D eigenvalue weighted by Gasteiger charge is -2.15.